The van der Waals surface area contributed by atoms with E-state index in [1.54, 1.807) is 0 Å². The van der Waals surface area contributed by atoms with E-state index >= 15 is 0 Å². The quantitative estimate of drug-likeness (QED) is 0.882. The smallest absolute Gasteiger partial charge is 0.465 e. The number of aromatic nitrogens is 1. The minimum absolute atomic E-state index is 0.132. The highest BCUT2D eigenvalue weighted by Crippen LogP contribution is 2.30. The van der Waals surface area contributed by atoms with Crippen LogP contribution in [0.25, 0.3) is 11.3 Å². The number of pyridine rings is 1. The van der Waals surface area contributed by atoms with Crippen LogP contribution in [0.15, 0.2) is 36.5 Å². The molecule has 1 aromatic heterocycles. The van der Waals surface area contributed by atoms with Crippen molar-refractivity contribution >= 4 is 11.7 Å². The normalized spacial score (nSPS) is 11.1. The maximum absolute atomic E-state index is 12.2. The molecule has 2 rings (SSSR count). The van der Waals surface area contributed by atoms with Crippen molar-refractivity contribution in [2.24, 2.45) is 0 Å². The van der Waals surface area contributed by atoms with Crippen LogP contribution in [0.2, 0.25) is 0 Å². The van der Waals surface area contributed by atoms with Crippen LogP contribution >= 0.6 is 0 Å². The molecule has 0 unspecified atom stereocenters. The van der Waals surface area contributed by atoms with Crippen molar-refractivity contribution in [2.45, 2.75) is 6.36 Å². The summed E-state index contributed by atoms with van der Waals surface area (Å²) in [5, 5.41) is 0. The van der Waals surface area contributed by atoms with E-state index in [1.807, 2.05) is 0 Å². The molecule has 1 heterocycles. The summed E-state index contributed by atoms with van der Waals surface area (Å²) in [5.41, 5.74) is 6.63. The van der Waals surface area contributed by atoms with Crippen molar-refractivity contribution < 1.29 is 27.4 Å². The molecule has 1 aromatic carbocycles. The molecule has 0 aliphatic rings. The third-order valence-electron chi connectivity index (χ3n) is 2.68. The van der Waals surface area contributed by atoms with Gasteiger partial charge in [0.05, 0.1) is 24.1 Å². The predicted molar refractivity (Wildman–Crippen MR) is 72.1 cm³/mol. The molecule has 0 aliphatic heterocycles. The van der Waals surface area contributed by atoms with Gasteiger partial charge in [0.1, 0.15) is 5.75 Å². The van der Waals surface area contributed by atoms with E-state index in [1.165, 1.54) is 31.5 Å². The number of anilines is 1. The maximum atomic E-state index is 12.2. The van der Waals surface area contributed by atoms with E-state index in [2.05, 4.69) is 14.5 Å². The first kappa shape index (κ1) is 15.6. The van der Waals surface area contributed by atoms with E-state index in [9.17, 15) is 18.0 Å². The second-order valence-corrected chi connectivity index (χ2v) is 4.23. The Morgan fingerprint density at radius 3 is 2.59 bits per heavy atom. The van der Waals surface area contributed by atoms with Crippen LogP contribution in [0.5, 0.6) is 5.75 Å². The van der Waals surface area contributed by atoms with Crippen molar-refractivity contribution in [2.75, 3.05) is 12.8 Å². The number of alkyl halides is 3. The molecule has 0 saturated carbocycles. The van der Waals surface area contributed by atoms with E-state index in [0.717, 1.165) is 12.1 Å². The number of nitrogens with two attached hydrogens (primary N) is 1. The third kappa shape index (κ3) is 3.66. The predicted octanol–water partition coefficient (Wildman–Crippen LogP) is 3.02. The number of carbonyl (C=O) groups is 1. The molecule has 8 heteroatoms. The molecule has 0 aliphatic carbocycles. The first-order valence-electron chi connectivity index (χ1n) is 6.00. The van der Waals surface area contributed by atoms with Gasteiger partial charge in [-0.3, -0.25) is 4.98 Å². The lowest BCUT2D eigenvalue weighted by Gasteiger charge is -2.11. The van der Waals surface area contributed by atoms with E-state index in [-0.39, 0.29) is 22.7 Å². The number of nitrogen functional groups attached to an aromatic ring is 1. The SMILES string of the molecule is COC(=O)c1cnc(-c2cccc(OC(F)(F)F)c2)c(N)c1. The Kier molecular flexibility index (Phi) is 4.20. The molecule has 116 valence electrons. The lowest BCUT2D eigenvalue weighted by Crippen LogP contribution is -2.17. The fourth-order valence-corrected chi connectivity index (χ4v) is 1.79. The lowest BCUT2D eigenvalue weighted by atomic mass is 10.1. The molecule has 0 radical (unpaired) electrons. The molecule has 2 N–H and O–H groups in total. The van der Waals surface area contributed by atoms with Crippen molar-refractivity contribution in [3.63, 3.8) is 0 Å². The number of nitrogens with zero attached hydrogens (tertiary/aromatic N) is 1. The summed E-state index contributed by atoms with van der Waals surface area (Å²) >= 11 is 0. The summed E-state index contributed by atoms with van der Waals surface area (Å²) in [4.78, 5) is 15.4. The van der Waals surface area contributed by atoms with Gasteiger partial charge in [-0.2, -0.15) is 0 Å². The third-order valence-corrected chi connectivity index (χ3v) is 2.68. The zero-order valence-electron chi connectivity index (χ0n) is 11.3. The number of carbonyl (C=O) groups excluding carboxylic acids is 1. The Labute approximate surface area is 123 Å². The number of rotatable bonds is 3. The van der Waals surface area contributed by atoms with Crippen molar-refractivity contribution in [1.82, 2.24) is 4.98 Å². The first-order chi connectivity index (χ1) is 10.3. The number of hydrogen-bond donors (Lipinski definition) is 1. The zero-order chi connectivity index (χ0) is 16.3. The second kappa shape index (κ2) is 5.92. The number of benzene rings is 1. The van der Waals surface area contributed by atoms with Gasteiger partial charge in [-0.15, -0.1) is 13.2 Å². The van der Waals surface area contributed by atoms with Crippen LogP contribution in [0, 0.1) is 0 Å². The minimum atomic E-state index is -4.79. The molecule has 0 saturated heterocycles. The molecule has 2 aromatic rings. The topological polar surface area (TPSA) is 74.4 Å². The number of halogens is 3. The standard InChI is InChI=1S/C14H11F3N2O3/c1-21-13(20)9-6-11(18)12(19-7-9)8-3-2-4-10(5-8)22-14(15,16)17/h2-7H,18H2,1H3. The molecule has 0 fully saturated rings. The molecule has 5 nitrogen and oxygen atoms in total. The van der Waals surface area contributed by atoms with Crippen LogP contribution < -0.4 is 10.5 Å². The Morgan fingerprint density at radius 2 is 2.00 bits per heavy atom. The summed E-state index contributed by atoms with van der Waals surface area (Å²) in [7, 11) is 1.21. The number of esters is 1. The summed E-state index contributed by atoms with van der Waals surface area (Å²) in [6.45, 7) is 0. The number of ether oxygens (including phenoxy) is 2. The lowest BCUT2D eigenvalue weighted by molar-refractivity contribution is -0.274. The van der Waals surface area contributed by atoms with Gasteiger partial charge in [-0.1, -0.05) is 12.1 Å². The van der Waals surface area contributed by atoms with Gasteiger partial charge in [-0.25, -0.2) is 4.79 Å². The zero-order valence-corrected chi connectivity index (χ0v) is 11.3. The Balaban J connectivity index is 2.36. The molecule has 0 atom stereocenters. The van der Waals surface area contributed by atoms with Gasteiger partial charge in [0.25, 0.3) is 0 Å². The molecular formula is C14H11F3N2O3. The largest absolute Gasteiger partial charge is 0.573 e. The van der Waals surface area contributed by atoms with Crippen LogP contribution in [-0.2, 0) is 4.74 Å². The second-order valence-electron chi connectivity index (χ2n) is 4.23. The summed E-state index contributed by atoms with van der Waals surface area (Å²) in [5.74, 6) is -0.997. The van der Waals surface area contributed by atoms with Crippen molar-refractivity contribution in [3.8, 4) is 17.0 Å². The molecular weight excluding hydrogens is 301 g/mol. The first-order valence-corrected chi connectivity index (χ1v) is 6.00. The Morgan fingerprint density at radius 1 is 1.27 bits per heavy atom. The average Bonchev–Trinajstić information content (AvgIpc) is 2.44. The average molecular weight is 312 g/mol. The number of hydrogen-bond acceptors (Lipinski definition) is 5. The number of methoxy groups -OCH3 is 1. The van der Waals surface area contributed by atoms with E-state index in [0.29, 0.717) is 5.56 Å². The summed E-state index contributed by atoms with van der Waals surface area (Å²) < 4.78 is 45.0. The fraction of sp³-hybridized carbons (Fsp3) is 0.143. The van der Waals surface area contributed by atoms with Gasteiger partial charge < -0.3 is 15.2 Å². The van der Waals surface area contributed by atoms with Gasteiger partial charge >= 0.3 is 12.3 Å². The van der Waals surface area contributed by atoms with Crippen LogP contribution in [0.3, 0.4) is 0 Å². The van der Waals surface area contributed by atoms with Gasteiger partial charge in [0.15, 0.2) is 0 Å². The van der Waals surface area contributed by atoms with E-state index in [4.69, 9.17) is 5.73 Å². The van der Waals surface area contributed by atoms with Gasteiger partial charge in [-0.05, 0) is 18.2 Å². The molecule has 0 amide bonds. The van der Waals surface area contributed by atoms with Crippen molar-refractivity contribution in [3.05, 3.63) is 42.1 Å². The Bertz CT molecular complexity index is 702. The summed E-state index contributed by atoms with van der Waals surface area (Å²) in [6, 6.07) is 6.57. The molecule has 22 heavy (non-hydrogen) atoms. The van der Waals surface area contributed by atoms with Gasteiger partial charge in [0, 0.05) is 11.8 Å². The fourth-order valence-electron chi connectivity index (χ4n) is 1.79. The van der Waals surface area contributed by atoms with Crippen LogP contribution in [0.4, 0.5) is 18.9 Å². The Hall–Kier alpha value is -2.77. The van der Waals surface area contributed by atoms with Crippen molar-refractivity contribution in [1.29, 1.82) is 0 Å². The maximum Gasteiger partial charge on any atom is 0.573 e. The van der Waals surface area contributed by atoms with Crippen LogP contribution in [0.1, 0.15) is 10.4 Å². The van der Waals surface area contributed by atoms with Crippen LogP contribution in [-0.4, -0.2) is 24.4 Å². The molecule has 0 spiro atoms. The van der Waals surface area contributed by atoms with Gasteiger partial charge in [0.2, 0.25) is 0 Å². The highest BCUT2D eigenvalue weighted by Gasteiger charge is 2.31. The van der Waals surface area contributed by atoms with E-state index < -0.39 is 12.3 Å². The summed E-state index contributed by atoms with van der Waals surface area (Å²) in [6.07, 6.45) is -3.55. The molecule has 0 bridgehead atoms. The highest BCUT2D eigenvalue weighted by atomic mass is 19.4. The minimum Gasteiger partial charge on any atom is -0.465 e. The monoisotopic (exact) mass is 312 g/mol. The highest BCUT2D eigenvalue weighted by molar-refractivity contribution is 5.91.